The number of carbonyl (C=O) groups excluding carboxylic acids is 1. The van der Waals surface area contributed by atoms with Gasteiger partial charge < -0.3 is 10.2 Å². The fourth-order valence-corrected chi connectivity index (χ4v) is 4.22. The van der Waals surface area contributed by atoms with Crippen LogP contribution in [-0.4, -0.2) is 54.5 Å². The van der Waals surface area contributed by atoms with Gasteiger partial charge in [0.2, 0.25) is 5.91 Å². The van der Waals surface area contributed by atoms with Gasteiger partial charge in [0.15, 0.2) is 0 Å². The number of likely N-dealkylation sites (tertiary alicyclic amines) is 2. The summed E-state index contributed by atoms with van der Waals surface area (Å²) in [7, 11) is 0. The molecule has 1 atom stereocenters. The smallest absolute Gasteiger partial charge is 0.234 e. The van der Waals surface area contributed by atoms with Crippen molar-refractivity contribution in [1.82, 2.24) is 15.1 Å². The highest BCUT2D eigenvalue weighted by atomic mass is 16.2. The molecule has 1 aromatic carbocycles. The molecule has 138 valence electrons. The van der Waals surface area contributed by atoms with E-state index in [0.717, 1.165) is 45.4 Å². The summed E-state index contributed by atoms with van der Waals surface area (Å²) < 4.78 is 0. The van der Waals surface area contributed by atoms with E-state index in [1.54, 1.807) is 0 Å². The molecule has 1 aromatic rings. The topological polar surface area (TPSA) is 35.6 Å². The highest BCUT2D eigenvalue weighted by molar-refractivity contribution is 5.78. The number of benzene rings is 1. The van der Waals surface area contributed by atoms with Crippen LogP contribution < -0.4 is 5.32 Å². The summed E-state index contributed by atoms with van der Waals surface area (Å²) in [6, 6.07) is 7.51. The Kier molecular flexibility index (Phi) is 6.13. The summed E-state index contributed by atoms with van der Waals surface area (Å²) >= 11 is 0. The lowest BCUT2D eigenvalue weighted by Crippen LogP contribution is -2.47. The monoisotopic (exact) mass is 343 g/mol. The maximum Gasteiger partial charge on any atom is 0.234 e. The van der Waals surface area contributed by atoms with Crippen molar-refractivity contribution in [3.63, 3.8) is 0 Å². The predicted molar refractivity (Wildman–Crippen MR) is 103 cm³/mol. The molecule has 0 bridgehead atoms. The molecule has 2 fully saturated rings. The lowest BCUT2D eigenvalue weighted by molar-refractivity contribution is -0.123. The van der Waals surface area contributed by atoms with Gasteiger partial charge in [-0.05, 0) is 69.3 Å². The summed E-state index contributed by atoms with van der Waals surface area (Å²) in [4.78, 5) is 17.4. The van der Waals surface area contributed by atoms with E-state index >= 15 is 0 Å². The number of carbonyl (C=O) groups is 1. The Labute approximate surface area is 152 Å². The SMILES string of the molecule is CCN1CCC(NC(=O)CN2CCCC2c2ccc(C)c(C)c2)CC1. The molecule has 1 amide bonds. The Morgan fingerprint density at radius 1 is 1.12 bits per heavy atom. The van der Waals surface area contributed by atoms with Crippen molar-refractivity contribution < 1.29 is 4.79 Å². The quantitative estimate of drug-likeness (QED) is 0.892. The minimum absolute atomic E-state index is 0.200. The van der Waals surface area contributed by atoms with Crippen LogP contribution in [0.25, 0.3) is 0 Å². The number of nitrogens with one attached hydrogen (secondary N) is 1. The number of hydrogen-bond donors (Lipinski definition) is 1. The molecule has 4 nitrogen and oxygen atoms in total. The van der Waals surface area contributed by atoms with Crippen LogP contribution in [0.1, 0.15) is 55.3 Å². The summed E-state index contributed by atoms with van der Waals surface area (Å²) in [6.07, 6.45) is 4.50. The van der Waals surface area contributed by atoms with Gasteiger partial charge in [-0.15, -0.1) is 0 Å². The molecule has 1 unspecified atom stereocenters. The second-order valence-electron chi connectivity index (χ2n) is 7.75. The molecule has 0 aliphatic carbocycles. The van der Waals surface area contributed by atoms with Crippen LogP contribution >= 0.6 is 0 Å². The van der Waals surface area contributed by atoms with E-state index in [1.807, 2.05) is 0 Å². The molecule has 2 aliphatic heterocycles. The average Bonchev–Trinajstić information content (AvgIpc) is 3.06. The zero-order chi connectivity index (χ0) is 17.8. The van der Waals surface area contributed by atoms with Gasteiger partial charge >= 0.3 is 0 Å². The van der Waals surface area contributed by atoms with Gasteiger partial charge in [-0.25, -0.2) is 0 Å². The van der Waals surface area contributed by atoms with Crippen LogP contribution in [0.4, 0.5) is 0 Å². The Morgan fingerprint density at radius 2 is 1.88 bits per heavy atom. The third-order valence-electron chi connectivity index (χ3n) is 6.03. The molecule has 1 N–H and O–H groups in total. The van der Waals surface area contributed by atoms with Gasteiger partial charge in [-0.2, -0.15) is 0 Å². The van der Waals surface area contributed by atoms with E-state index in [0.29, 0.717) is 18.6 Å². The maximum atomic E-state index is 12.5. The molecule has 2 heterocycles. The summed E-state index contributed by atoms with van der Waals surface area (Å²) in [5.41, 5.74) is 4.05. The normalized spacial score (nSPS) is 23.1. The Bertz CT molecular complexity index is 593. The fourth-order valence-electron chi connectivity index (χ4n) is 4.22. The minimum atomic E-state index is 0.200. The number of rotatable bonds is 5. The van der Waals surface area contributed by atoms with E-state index in [1.165, 1.54) is 23.1 Å². The molecule has 0 aromatic heterocycles. The Balaban J connectivity index is 1.54. The third-order valence-corrected chi connectivity index (χ3v) is 6.03. The van der Waals surface area contributed by atoms with Gasteiger partial charge in [-0.1, -0.05) is 25.1 Å². The summed E-state index contributed by atoms with van der Waals surface area (Å²) in [6.45, 7) is 11.4. The van der Waals surface area contributed by atoms with Gasteiger partial charge in [0.25, 0.3) is 0 Å². The zero-order valence-electron chi connectivity index (χ0n) is 16.1. The van der Waals surface area contributed by atoms with E-state index < -0.39 is 0 Å². The minimum Gasteiger partial charge on any atom is -0.352 e. The van der Waals surface area contributed by atoms with Crippen molar-refractivity contribution in [1.29, 1.82) is 0 Å². The molecule has 25 heavy (non-hydrogen) atoms. The van der Waals surface area contributed by atoms with E-state index in [2.05, 4.69) is 54.1 Å². The molecule has 2 saturated heterocycles. The van der Waals surface area contributed by atoms with Crippen LogP contribution in [0.15, 0.2) is 18.2 Å². The van der Waals surface area contributed by atoms with Gasteiger partial charge in [0, 0.05) is 25.2 Å². The first-order valence-corrected chi connectivity index (χ1v) is 9.89. The first-order chi connectivity index (χ1) is 12.1. The highest BCUT2D eigenvalue weighted by Crippen LogP contribution is 2.32. The van der Waals surface area contributed by atoms with E-state index in [9.17, 15) is 4.79 Å². The van der Waals surface area contributed by atoms with Gasteiger partial charge in [-0.3, -0.25) is 9.69 Å². The largest absolute Gasteiger partial charge is 0.352 e. The van der Waals surface area contributed by atoms with Crippen LogP contribution in [0.5, 0.6) is 0 Å². The predicted octanol–water partition coefficient (Wildman–Crippen LogP) is 3.04. The van der Waals surface area contributed by atoms with Gasteiger partial charge in [0.1, 0.15) is 0 Å². The zero-order valence-corrected chi connectivity index (χ0v) is 16.1. The number of piperidine rings is 1. The Morgan fingerprint density at radius 3 is 2.56 bits per heavy atom. The molecule has 0 radical (unpaired) electrons. The summed E-state index contributed by atoms with van der Waals surface area (Å²) in [5.74, 6) is 0.200. The lowest BCUT2D eigenvalue weighted by atomic mass is 9.99. The molecule has 0 saturated carbocycles. The molecule has 4 heteroatoms. The second kappa shape index (κ2) is 8.33. The highest BCUT2D eigenvalue weighted by Gasteiger charge is 2.28. The number of hydrogen-bond acceptors (Lipinski definition) is 3. The standard InChI is InChI=1S/C21H33N3O/c1-4-23-12-9-19(10-13-23)22-21(25)15-24-11-5-6-20(24)18-8-7-16(2)17(3)14-18/h7-8,14,19-20H,4-6,9-13,15H2,1-3H3,(H,22,25). The molecule has 0 spiro atoms. The van der Waals surface area contributed by atoms with E-state index in [4.69, 9.17) is 0 Å². The number of nitrogens with zero attached hydrogens (tertiary/aromatic N) is 2. The third kappa shape index (κ3) is 4.62. The van der Waals surface area contributed by atoms with Crippen LogP contribution in [0, 0.1) is 13.8 Å². The van der Waals surface area contributed by atoms with E-state index in [-0.39, 0.29) is 5.91 Å². The van der Waals surface area contributed by atoms with Crippen molar-refractivity contribution >= 4 is 5.91 Å². The van der Waals surface area contributed by atoms with Crippen LogP contribution in [-0.2, 0) is 4.79 Å². The van der Waals surface area contributed by atoms with Crippen molar-refractivity contribution in [2.45, 2.75) is 58.5 Å². The second-order valence-corrected chi connectivity index (χ2v) is 7.75. The number of aryl methyl sites for hydroxylation is 2. The molecule has 3 rings (SSSR count). The van der Waals surface area contributed by atoms with Crippen LogP contribution in [0.2, 0.25) is 0 Å². The molecular formula is C21H33N3O. The van der Waals surface area contributed by atoms with Crippen molar-refractivity contribution in [3.8, 4) is 0 Å². The van der Waals surface area contributed by atoms with Crippen molar-refractivity contribution in [3.05, 3.63) is 34.9 Å². The van der Waals surface area contributed by atoms with Crippen molar-refractivity contribution in [2.24, 2.45) is 0 Å². The molecule has 2 aliphatic rings. The van der Waals surface area contributed by atoms with Gasteiger partial charge in [0.05, 0.1) is 6.54 Å². The van der Waals surface area contributed by atoms with Crippen LogP contribution in [0.3, 0.4) is 0 Å². The molecular weight excluding hydrogens is 310 g/mol. The summed E-state index contributed by atoms with van der Waals surface area (Å²) in [5, 5.41) is 3.28. The lowest BCUT2D eigenvalue weighted by Gasteiger charge is -2.32. The average molecular weight is 344 g/mol. The first kappa shape index (κ1) is 18.4. The van der Waals surface area contributed by atoms with Crippen molar-refractivity contribution in [2.75, 3.05) is 32.7 Å². The first-order valence-electron chi connectivity index (χ1n) is 9.89. The number of amides is 1. The maximum absolute atomic E-state index is 12.5. The Hall–Kier alpha value is -1.39. The fraction of sp³-hybridized carbons (Fsp3) is 0.667.